The third-order valence-corrected chi connectivity index (χ3v) is 0.925. The van der Waals surface area contributed by atoms with Gasteiger partial charge >= 0.3 is 0 Å². The molecule has 0 fully saturated rings. The molecule has 0 aliphatic carbocycles. The summed E-state index contributed by atoms with van der Waals surface area (Å²) in [7, 11) is 0. The van der Waals surface area contributed by atoms with E-state index in [1.54, 1.807) is 0 Å². The quantitative estimate of drug-likeness (QED) is 0.561. The van der Waals surface area contributed by atoms with Crippen LogP contribution in [0.25, 0.3) is 0 Å². The van der Waals surface area contributed by atoms with Crippen molar-refractivity contribution < 1.29 is 0 Å². The molecule has 0 saturated carbocycles. The molecule has 0 aliphatic rings. The Hall–Kier alpha value is -0.790. The average molecular weight is 126 g/mol. The van der Waals surface area contributed by atoms with Gasteiger partial charge in [-0.25, -0.2) is 4.99 Å². The van der Waals surface area contributed by atoms with Crippen LogP contribution in [0.4, 0.5) is 0 Å². The maximum atomic E-state index is 5.48. The molecule has 52 valence electrons. The highest BCUT2D eigenvalue weighted by Crippen LogP contribution is 1.95. The van der Waals surface area contributed by atoms with Crippen molar-refractivity contribution in [2.75, 3.05) is 0 Å². The zero-order valence-corrected chi connectivity index (χ0v) is 6.31. The lowest BCUT2D eigenvalue weighted by atomic mass is 10.3. The highest BCUT2D eigenvalue weighted by Gasteiger charge is 1.83. The van der Waals surface area contributed by atoms with Gasteiger partial charge in [-0.15, -0.1) is 0 Å². The lowest BCUT2D eigenvalue weighted by Crippen LogP contribution is -1.95. The summed E-state index contributed by atoms with van der Waals surface area (Å²) in [4.78, 5) is 3.97. The number of nitrogens with two attached hydrogens (primary N) is 1. The Balaban J connectivity index is 3.91. The Labute approximate surface area is 56.5 Å². The molecule has 0 bridgehead atoms. The zero-order chi connectivity index (χ0) is 7.28. The lowest BCUT2D eigenvalue weighted by molar-refractivity contribution is 1.14. The molecule has 0 aromatic carbocycles. The van der Waals surface area contributed by atoms with Crippen molar-refractivity contribution in [3.05, 3.63) is 11.4 Å². The molecule has 9 heavy (non-hydrogen) atoms. The van der Waals surface area contributed by atoms with Crippen molar-refractivity contribution in [3.8, 4) is 0 Å². The van der Waals surface area contributed by atoms with E-state index < -0.39 is 0 Å². The molecule has 2 heteroatoms. The summed E-state index contributed by atoms with van der Waals surface area (Å²) in [6, 6.07) is 0. The molecule has 0 heterocycles. The molecular weight excluding hydrogens is 112 g/mol. The fraction of sp³-hybridized carbons (Fsp3) is 0.571. The van der Waals surface area contributed by atoms with Gasteiger partial charge in [0.1, 0.15) is 5.82 Å². The monoisotopic (exact) mass is 126 g/mol. The van der Waals surface area contributed by atoms with Gasteiger partial charge in [0.2, 0.25) is 0 Å². The number of hydrogen-bond acceptors (Lipinski definition) is 2. The highest BCUT2D eigenvalue weighted by atomic mass is 14.9. The van der Waals surface area contributed by atoms with Gasteiger partial charge in [0.25, 0.3) is 0 Å². The number of aliphatic imine (C=N–C) groups is 1. The Morgan fingerprint density at radius 1 is 1.56 bits per heavy atom. The van der Waals surface area contributed by atoms with Crippen LogP contribution >= 0.6 is 0 Å². The van der Waals surface area contributed by atoms with E-state index in [9.17, 15) is 0 Å². The summed E-state index contributed by atoms with van der Waals surface area (Å²) in [6.45, 7) is 5.92. The number of nitrogens with zero attached hydrogens (tertiary/aromatic N) is 1. The van der Waals surface area contributed by atoms with Crippen LogP contribution in [0.15, 0.2) is 16.4 Å². The topological polar surface area (TPSA) is 38.4 Å². The molecule has 0 rings (SSSR count). The summed E-state index contributed by atoms with van der Waals surface area (Å²) in [5, 5.41) is 0. The fourth-order valence-electron chi connectivity index (χ4n) is 0.319. The van der Waals surface area contributed by atoms with E-state index in [4.69, 9.17) is 5.73 Å². The van der Waals surface area contributed by atoms with E-state index in [0.717, 1.165) is 12.0 Å². The molecule has 0 aromatic heterocycles. The van der Waals surface area contributed by atoms with Crippen LogP contribution in [-0.4, -0.2) is 6.21 Å². The molecule has 2 N–H and O–H groups in total. The minimum Gasteiger partial charge on any atom is -0.384 e. The molecular formula is C7H14N2. The second kappa shape index (κ2) is 4.13. The Kier molecular flexibility index (Phi) is 3.76. The van der Waals surface area contributed by atoms with E-state index in [1.165, 1.54) is 0 Å². The predicted octanol–water partition coefficient (Wildman–Crippen LogP) is 1.68. The molecule has 0 spiro atoms. The van der Waals surface area contributed by atoms with E-state index in [1.807, 2.05) is 27.0 Å². The summed E-state index contributed by atoms with van der Waals surface area (Å²) >= 11 is 0. The van der Waals surface area contributed by atoms with Gasteiger partial charge in [-0.1, -0.05) is 6.92 Å². The Morgan fingerprint density at radius 3 is 2.44 bits per heavy atom. The fourth-order valence-corrected chi connectivity index (χ4v) is 0.319. The molecule has 0 unspecified atom stereocenters. The van der Waals surface area contributed by atoms with Crippen LogP contribution in [0.5, 0.6) is 0 Å². The second-order valence-electron chi connectivity index (χ2n) is 2.11. The zero-order valence-electron chi connectivity index (χ0n) is 6.31. The SMILES string of the molecule is CC/C=N\C(N)=C(C)C. The summed E-state index contributed by atoms with van der Waals surface area (Å²) in [6.07, 6.45) is 2.75. The molecule has 0 amide bonds. The van der Waals surface area contributed by atoms with Crippen LogP contribution in [0.2, 0.25) is 0 Å². The van der Waals surface area contributed by atoms with E-state index >= 15 is 0 Å². The third kappa shape index (κ3) is 3.76. The van der Waals surface area contributed by atoms with Crippen molar-refractivity contribution in [1.82, 2.24) is 0 Å². The minimum absolute atomic E-state index is 0.636. The number of allylic oxidation sites excluding steroid dienone is 1. The number of rotatable bonds is 2. The van der Waals surface area contributed by atoms with Crippen molar-refractivity contribution in [1.29, 1.82) is 0 Å². The van der Waals surface area contributed by atoms with Crippen LogP contribution in [0.3, 0.4) is 0 Å². The van der Waals surface area contributed by atoms with E-state index in [2.05, 4.69) is 4.99 Å². The van der Waals surface area contributed by atoms with Crippen LogP contribution in [0.1, 0.15) is 27.2 Å². The molecule has 0 radical (unpaired) electrons. The largest absolute Gasteiger partial charge is 0.384 e. The summed E-state index contributed by atoms with van der Waals surface area (Å²) in [5.41, 5.74) is 6.55. The average Bonchev–Trinajstić information content (AvgIpc) is 1.82. The van der Waals surface area contributed by atoms with Crippen LogP contribution < -0.4 is 5.73 Å². The lowest BCUT2D eigenvalue weighted by Gasteiger charge is -1.92. The van der Waals surface area contributed by atoms with Gasteiger partial charge in [0.05, 0.1) is 0 Å². The minimum atomic E-state index is 0.636. The summed E-state index contributed by atoms with van der Waals surface area (Å²) < 4.78 is 0. The van der Waals surface area contributed by atoms with Crippen LogP contribution in [0, 0.1) is 0 Å². The molecule has 0 atom stereocenters. The Morgan fingerprint density at radius 2 is 2.11 bits per heavy atom. The van der Waals surface area contributed by atoms with Crippen molar-refractivity contribution >= 4 is 6.21 Å². The van der Waals surface area contributed by atoms with Gasteiger partial charge in [0, 0.05) is 6.21 Å². The standard InChI is InChI=1S/C7H14N2/c1-4-5-9-7(8)6(2)3/h5H,4,8H2,1-3H3/b9-5-. The maximum Gasteiger partial charge on any atom is 0.121 e. The van der Waals surface area contributed by atoms with Gasteiger partial charge in [-0.2, -0.15) is 0 Å². The molecule has 2 nitrogen and oxygen atoms in total. The van der Waals surface area contributed by atoms with E-state index in [-0.39, 0.29) is 0 Å². The van der Waals surface area contributed by atoms with Crippen molar-refractivity contribution in [2.45, 2.75) is 27.2 Å². The first kappa shape index (κ1) is 8.21. The van der Waals surface area contributed by atoms with Crippen molar-refractivity contribution in [2.24, 2.45) is 10.7 Å². The predicted molar refractivity (Wildman–Crippen MR) is 41.3 cm³/mol. The highest BCUT2D eigenvalue weighted by molar-refractivity contribution is 5.58. The van der Waals surface area contributed by atoms with Gasteiger partial charge in [0.15, 0.2) is 0 Å². The maximum absolute atomic E-state index is 5.48. The normalized spacial score (nSPS) is 10.1. The smallest absolute Gasteiger partial charge is 0.121 e. The van der Waals surface area contributed by atoms with Gasteiger partial charge in [-0.05, 0) is 25.8 Å². The molecule has 0 aliphatic heterocycles. The second-order valence-corrected chi connectivity index (χ2v) is 2.11. The number of hydrogen-bond donors (Lipinski definition) is 1. The molecule has 0 saturated heterocycles. The summed E-state index contributed by atoms with van der Waals surface area (Å²) in [5.74, 6) is 0.636. The Bertz CT molecular complexity index is 130. The third-order valence-electron chi connectivity index (χ3n) is 0.925. The first-order valence-electron chi connectivity index (χ1n) is 3.14. The first-order valence-corrected chi connectivity index (χ1v) is 3.14. The van der Waals surface area contributed by atoms with E-state index in [0.29, 0.717) is 5.82 Å². The first-order chi connectivity index (χ1) is 4.18. The van der Waals surface area contributed by atoms with Crippen LogP contribution in [-0.2, 0) is 0 Å². The van der Waals surface area contributed by atoms with Gasteiger partial charge in [-0.3, -0.25) is 0 Å². The van der Waals surface area contributed by atoms with Crippen molar-refractivity contribution in [3.63, 3.8) is 0 Å². The molecule has 0 aromatic rings. The van der Waals surface area contributed by atoms with Gasteiger partial charge < -0.3 is 5.73 Å².